The lowest BCUT2D eigenvalue weighted by Gasteiger charge is -2.14. The van der Waals surface area contributed by atoms with Gasteiger partial charge in [0.2, 0.25) is 0 Å². The van der Waals surface area contributed by atoms with E-state index in [2.05, 4.69) is 152 Å². The summed E-state index contributed by atoms with van der Waals surface area (Å²) >= 11 is 0. The van der Waals surface area contributed by atoms with Crippen molar-refractivity contribution in [2.24, 2.45) is 0 Å². The van der Waals surface area contributed by atoms with E-state index in [0.29, 0.717) is 17.5 Å². The zero-order chi connectivity index (χ0) is 37.7. The lowest BCUT2D eigenvalue weighted by atomic mass is 9.91. The molecular formula is C53H33N3O. The van der Waals surface area contributed by atoms with Crippen LogP contribution in [0.5, 0.6) is 0 Å². The molecule has 0 aliphatic carbocycles. The molecule has 57 heavy (non-hydrogen) atoms. The Morgan fingerprint density at radius 2 is 0.860 bits per heavy atom. The smallest absolute Gasteiger partial charge is 0.164 e. The Labute approximate surface area is 329 Å². The van der Waals surface area contributed by atoms with E-state index >= 15 is 0 Å². The van der Waals surface area contributed by atoms with Crippen molar-refractivity contribution in [1.29, 1.82) is 0 Å². The summed E-state index contributed by atoms with van der Waals surface area (Å²) in [4.78, 5) is 15.4. The van der Waals surface area contributed by atoms with Gasteiger partial charge in [-0.2, -0.15) is 0 Å². The number of benzene rings is 9. The van der Waals surface area contributed by atoms with Gasteiger partial charge in [-0.3, -0.25) is 0 Å². The predicted octanol–water partition coefficient (Wildman–Crippen LogP) is 14.1. The minimum absolute atomic E-state index is 0.592. The Balaban J connectivity index is 1.06. The molecule has 2 aromatic heterocycles. The van der Waals surface area contributed by atoms with Gasteiger partial charge in [-0.15, -0.1) is 0 Å². The molecular weight excluding hydrogens is 695 g/mol. The summed E-state index contributed by atoms with van der Waals surface area (Å²) in [7, 11) is 0. The first kappa shape index (κ1) is 32.7. The molecule has 266 valence electrons. The summed E-state index contributed by atoms with van der Waals surface area (Å²) < 4.78 is 6.49. The lowest BCUT2D eigenvalue weighted by molar-refractivity contribution is 0.669. The Morgan fingerprint density at radius 3 is 1.65 bits per heavy atom. The SMILES string of the molecule is c1ccc(-c2ccc3c(c2)oc2cccc(-c4nc(-c5ccccc5)nc(-c5cccc(-c6ccc7c(c6)c(-c6ccccc6)cc6ccccc67)c5)n4)c23)cc1. The topological polar surface area (TPSA) is 51.8 Å². The van der Waals surface area contributed by atoms with Crippen LogP contribution < -0.4 is 0 Å². The summed E-state index contributed by atoms with van der Waals surface area (Å²) in [5, 5.41) is 6.93. The Hall–Kier alpha value is -7.69. The number of nitrogens with zero attached hydrogens (tertiary/aromatic N) is 3. The van der Waals surface area contributed by atoms with Crippen molar-refractivity contribution in [3.8, 4) is 67.5 Å². The summed E-state index contributed by atoms with van der Waals surface area (Å²) in [5.41, 5.74) is 11.2. The molecule has 11 rings (SSSR count). The van der Waals surface area contributed by atoms with Crippen molar-refractivity contribution < 1.29 is 4.42 Å². The molecule has 4 nitrogen and oxygen atoms in total. The van der Waals surface area contributed by atoms with Gasteiger partial charge in [-0.1, -0.05) is 164 Å². The highest BCUT2D eigenvalue weighted by Crippen LogP contribution is 2.40. The molecule has 0 spiro atoms. The van der Waals surface area contributed by atoms with Crippen molar-refractivity contribution in [3.63, 3.8) is 0 Å². The van der Waals surface area contributed by atoms with Gasteiger partial charge in [0.15, 0.2) is 17.5 Å². The maximum absolute atomic E-state index is 6.49. The second-order valence-electron chi connectivity index (χ2n) is 14.4. The van der Waals surface area contributed by atoms with Gasteiger partial charge in [-0.05, 0) is 91.3 Å². The number of furan rings is 1. The van der Waals surface area contributed by atoms with E-state index in [1.807, 2.05) is 48.5 Å². The van der Waals surface area contributed by atoms with Crippen molar-refractivity contribution in [1.82, 2.24) is 15.0 Å². The van der Waals surface area contributed by atoms with E-state index in [-0.39, 0.29) is 0 Å². The summed E-state index contributed by atoms with van der Waals surface area (Å²) in [6.07, 6.45) is 0. The van der Waals surface area contributed by atoms with Crippen LogP contribution in [-0.2, 0) is 0 Å². The highest BCUT2D eigenvalue weighted by Gasteiger charge is 2.19. The molecule has 0 atom stereocenters. The standard InChI is InChI=1S/C53H33N3O/c1-4-14-34(15-5-1)39-27-29-44-49(33-39)57-48-25-13-24-45(50(44)48)53-55-51(36-18-8-3-9-19-36)54-52(56-53)41-22-12-21-37(30-41)38-26-28-43-42-23-11-10-20-40(42)32-46(47(43)31-38)35-16-6-2-7-17-35/h1-33H. The highest BCUT2D eigenvalue weighted by atomic mass is 16.3. The van der Waals surface area contributed by atoms with E-state index < -0.39 is 0 Å². The van der Waals surface area contributed by atoms with Crippen LogP contribution in [0.1, 0.15) is 0 Å². The van der Waals surface area contributed by atoms with Crippen LogP contribution in [-0.4, -0.2) is 15.0 Å². The molecule has 4 heteroatoms. The lowest BCUT2D eigenvalue weighted by Crippen LogP contribution is -2.00. The minimum Gasteiger partial charge on any atom is -0.456 e. The molecule has 0 radical (unpaired) electrons. The second kappa shape index (κ2) is 13.6. The van der Waals surface area contributed by atoms with Gasteiger partial charge < -0.3 is 4.42 Å². The average molecular weight is 728 g/mol. The molecule has 0 N–H and O–H groups in total. The van der Waals surface area contributed by atoms with Gasteiger partial charge in [0.25, 0.3) is 0 Å². The fourth-order valence-corrected chi connectivity index (χ4v) is 8.14. The maximum atomic E-state index is 6.49. The number of hydrogen-bond donors (Lipinski definition) is 0. The first-order valence-corrected chi connectivity index (χ1v) is 19.2. The monoisotopic (exact) mass is 727 g/mol. The van der Waals surface area contributed by atoms with Crippen molar-refractivity contribution >= 4 is 43.5 Å². The summed E-state index contributed by atoms with van der Waals surface area (Å²) in [6, 6.07) is 70.0. The molecule has 0 unspecified atom stereocenters. The van der Waals surface area contributed by atoms with Crippen LogP contribution in [0, 0.1) is 0 Å². The molecule has 9 aromatic carbocycles. The normalized spacial score (nSPS) is 11.5. The molecule has 0 amide bonds. The third-order valence-electron chi connectivity index (χ3n) is 10.9. The third-order valence-corrected chi connectivity index (χ3v) is 10.9. The van der Waals surface area contributed by atoms with Crippen LogP contribution in [0.15, 0.2) is 205 Å². The summed E-state index contributed by atoms with van der Waals surface area (Å²) in [5.74, 6) is 1.81. The van der Waals surface area contributed by atoms with Crippen molar-refractivity contribution in [2.45, 2.75) is 0 Å². The highest BCUT2D eigenvalue weighted by molar-refractivity contribution is 6.15. The summed E-state index contributed by atoms with van der Waals surface area (Å²) in [6.45, 7) is 0. The average Bonchev–Trinajstić information content (AvgIpc) is 3.68. The zero-order valence-corrected chi connectivity index (χ0v) is 30.8. The Morgan fingerprint density at radius 1 is 0.281 bits per heavy atom. The van der Waals surface area contributed by atoms with E-state index in [0.717, 1.165) is 60.9 Å². The van der Waals surface area contributed by atoms with Crippen molar-refractivity contribution in [3.05, 3.63) is 200 Å². The maximum Gasteiger partial charge on any atom is 0.164 e. The molecule has 0 aliphatic heterocycles. The zero-order valence-electron chi connectivity index (χ0n) is 30.8. The Kier molecular flexibility index (Phi) is 7.78. The van der Waals surface area contributed by atoms with Gasteiger partial charge in [0.05, 0.1) is 0 Å². The molecule has 0 saturated heterocycles. The van der Waals surface area contributed by atoms with E-state index in [9.17, 15) is 0 Å². The number of fused-ring (bicyclic) bond motifs is 6. The van der Waals surface area contributed by atoms with E-state index in [1.165, 1.54) is 32.7 Å². The van der Waals surface area contributed by atoms with Gasteiger partial charge in [0, 0.05) is 27.5 Å². The van der Waals surface area contributed by atoms with Crippen LogP contribution in [0.3, 0.4) is 0 Å². The number of hydrogen-bond acceptors (Lipinski definition) is 4. The minimum atomic E-state index is 0.592. The van der Waals surface area contributed by atoms with Crippen LogP contribution >= 0.6 is 0 Å². The number of aromatic nitrogens is 3. The second-order valence-corrected chi connectivity index (χ2v) is 14.4. The third kappa shape index (κ3) is 5.83. The molecule has 2 heterocycles. The largest absolute Gasteiger partial charge is 0.456 e. The predicted molar refractivity (Wildman–Crippen MR) is 235 cm³/mol. The first-order valence-electron chi connectivity index (χ1n) is 19.2. The van der Waals surface area contributed by atoms with Gasteiger partial charge in [0.1, 0.15) is 11.2 Å². The molecule has 11 aromatic rings. The van der Waals surface area contributed by atoms with Crippen LogP contribution in [0.25, 0.3) is 111 Å². The van der Waals surface area contributed by atoms with Crippen molar-refractivity contribution in [2.75, 3.05) is 0 Å². The number of rotatable bonds is 6. The van der Waals surface area contributed by atoms with Gasteiger partial charge in [-0.25, -0.2) is 15.0 Å². The van der Waals surface area contributed by atoms with E-state index in [1.54, 1.807) is 0 Å². The Bertz CT molecular complexity index is 3280. The van der Waals surface area contributed by atoms with E-state index in [4.69, 9.17) is 19.4 Å². The first-order chi connectivity index (χ1) is 28.2. The quantitative estimate of drug-likeness (QED) is 0.160. The fraction of sp³-hybridized carbons (Fsp3) is 0. The molecule has 0 saturated carbocycles. The molecule has 0 fully saturated rings. The molecule has 0 aliphatic rings. The van der Waals surface area contributed by atoms with Crippen LogP contribution in [0.4, 0.5) is 0 Å². The molecule has 0 bridgehead atoms. The van der Waals surface area contributed by atoms with Crippen LogP contribution in [0.2, 0.25) is 0 Å². The van der Waals surface area contributed by atoms with Gasteiger partial charge >= 0.3 is 0 Å². The fourth-order valence-electron chi connectivity index (χ4n) is 8.14.